The lowest BCUT2D eigenvalue weighted by Gasteiger charge is -2.03. The molecular weight excluding hydrogens is 309 g/mol. The van der Waals surface area contributed by atoms with Crippen molar-refractivity contribution in [2.75, 3.05) is 5.32 Å². The SMILES string of the molecule is NC(=O)c1csc(NC(=O)c2ccc(Cl)c(Cl)c2)n1. The smallest absolute Gasteiger partial charge is 0.268 e. The van der Waals surface area contributed by atoms with E-state index in [1.807, 2.05) is 0 Å². The summed E-state index contributed by atoms with van der Waals surface area (Å²) in [5.74, 6) is -1.05. The van der Waals surface area contributed by atoms with Gasteiger partial charge in [-0.25, -0.2) is 4.98 Å². The van der Waals surface area contributed by atoms with Crippen LogP contribution >= 0.6 is 34.5 Å². The Kier molecular flexibility index (Phi) is 4.04. The molecule has 1 aromatic carbocycles. The Bertz CT molecular complexity index is 657. The number of hydrogen-bond donors (Lipinski definition) is 2. The van der Waals surface area contributed by atoms with Gasteiger partial charge in [0.2, 0.25) is 0 Å². The van der Waals surface area contributed by atoms with Crippen LogP contribution in [0.15, 0.2) is 23.6 Å². The van der Waals surface area contributed by atoms with Crippen LogP contribution in [-0.2, 0) is 0 Å². The molecule has 8 heteroatoms. The lowest BCUT2D eigenvalue weighted by molar-refractivity contribution is 0.0992. The molecule has 0 spiro atoms. The minimum Gasteiger partial charge on any atom is -0.364 e. The molecular formula is C11H7Cl2N3O2S. The summed E-state index contributed by atoms with van der Waals surface area (Å²) in [6.07, 6.45) is 0. The van der Waals surface area contributed by atoms with Crippen LogP contribution < -0.4 is 11.1 Å². The molecule has 5 nitrogen and oxygen atoms in total. The highest BCUT2D eigenvalue weighted by atomic mass is 35.5. The zero-order valence-corrected chi connectivity index (χ0v) is 11.6. The normalized spacial score (nSPS) is 10.2. The fourth-order valence-corrected chi connectivity index (χ4v) is 2.24. The van der Waals surface area contributed by atoms with Crippen LogP contribution in [0.5, 0.6) is 0 Å². The fraction of sp³-hybridized carbons (Fsp3) is 0. The first kappa shape index (κ1) is 13.8. The van der Waals surface area contributed by atoms with E-state index in [1.165, 1.54) is 23.6 Å². The summed E-state index contributed by atoms with van der Waals surface area (Å²) in [6, 6.07) is 4.50. The molecule has 3 N–H and O–H groups in total. The average molecular weight is 316 g/mol. The molecule has 2 rings (SSSR count). The van der Waals surface area contributed by atoms with Gasteiger partial charge in [0, 0.05) is 10.9 Å². The van der Waals surface area contributed by atoms with Gasteiger partial charge in [-0.15, -0.1) is 11.3 Å². The number of hydrogen-bond acceptors (Lipinski definition) is 4. The van der Waals surface area contributed by atoms with Crippen molar-refractivity contribution in [3.63, 3.8) is 0 Å². The molecule has 19 heavy (non-hydrogen) atoms. The zero-order chi connectivity index (χ0) is 14.0. The molecule has 0 radical (unpaired) electrons. The molecule has 1 heterocycles. The molecule has 2 aromatic rings. The number of benzene rings is 1. The number of halogens is 2. The number of carbonyl (C=O) groups excluding carboxylic acids is 2. The van der Waals surface area contributed by atoms with Crippen molar-refractivity contribution in [3.8, 4) is 0 Å². The second-order valence-corrected chi connectivity index (χ2v) is 5.16. The largest absolute Gasteiger partial charge is 0.364 e. The number of aromatic nitrogens is 1. The van der Waals surface area contributed by atoms with E-state index in [0.29, 0.717) is 10.6 Å². The second kappa shape index (κ2) is 5.56. The first-order valence-electron chi connectivity index (χ1n) is 4.99. The molecule has 0 bridgehead atoms. The van der Waals surface area contributed by atoms with Crippen LogP contribution in [0, 0.1) is 0 Å². The standard InChI is InChI=1S/C11H7Cl2N3O2S/c12-6-2-1-5(3-7(6)13)10(18)16-11-15-8(4-19-11)9(14)17/h1-4H,(H2,14,17)(H,15,16,18). The predicted molar refractivity (Wildman–Crippen MR) is 75.0 cm³/mol. The van der Waals surface area contributed by atoms with Gasteiger partial charge in [0.05, 0.1) is 10.0 Å². The first-order valence-corrected chi connectivity index (χ1v) is 6.62. The summed E-state index contributed by atoms with van der Waals surface area (Å²) >= 11 is 12.7. The predicted octanol–water partition coefficient (Wildman–Crippen LogP) is 2.80. The molecule has 1 aromatic heterocycles. The monoisotopic (exact) mass is 315 g/mol. The number of amides is 2. The van der Waals surface area contributed by atoms with E-state index in [1.54, 1.807) is 0 Å². The molecule has 0 aliphatic heterocycles. The number of rotatable bonds is 3. The van der Waals surface area contributed by atoms with E-state index >= 15 is 0 Å². The van der Waals surface area contributed by atoms with Crippen LogP contribution in [0.1, 0.15) is 20.8 Å². The van der Waals surface area contributed by atoms with Gasteiger partial charge < -0.3 is 5.73 Å². The molecule has 0 atom stereocenters. The minimum atomic E-state index is -0.647. The molecule has 0 aliphatic carbocycles. The highest BCUT2D eigenvalue weighted by Crippen LogP contribution is 2.23. The van der Waals surface area contributed by atoms with Crippen molar-refractivity contribution < 1.29 is 9.59 Å². The van der Waals surface area contributed by atoms with Gasteiger partial charge in [0.25, 0.3) is 11.8 Å². The third kappa shape index (κ3) is 3.23. The molecule has 0 saturated carbocycles. The summed E-state index contributed by atoms with van der Waals surface area (Å²) in [4.78, 5) is 26.6. The van der Waals surface area contributed by atoms with Crippen LogP contribution in [0.3, 0.4) is 0 Å². The van der Waals surface area contributed by atoms with Crippen LogP contribution in [0.2, 0.25) is 10.0 Å². The number of nitrogens with one attached hydrogen (secondary N) is 1. The number of carbonyl (C=O) groups is 2. The zero-order valence-electron chi connectivity index (χ0n) is 9.31. The van der Waals surface area contributed by atoms with E-state index in [4.69, 9.17) is 28.9 Å². The molecule has 98 valence electrons. The molecule has 0 unspecified atom stereocenters. The van der Waals surface area contributed by atoms with E-state index in [2.05, 4.69) is 10.3 Å². The van der Waals surface area contributed by atoms with Crippen molar-refractivity contribution in [2.24, 2.45) is 5.73 Å². The quantitative estimate of drug-likeness (QED) is 0.913. The maximum atomic E-state index is 11.9. The Morgan fingerprint density at radius 1 is 1.26 bits per heavy atom. The number of primary amides is 1. The van der Waals surface area contributed by atoms with Gasteiger partial charge in [-0.1, -0.05) is 23.2 Å². The molecule has 0 aliphatic rings. The number of nitrogens with zero attached hydrogens (tertiary/aromatic N) is 1. The van der Waals surface area contributed by atoms with E-state index in [-0.39, 0.29) is 15.8 Å². The summed E-state index contributed by atoms with van der Waals surface area (Å²) < 4.78 is 0. The first-order chi connectivity index (χ1) is 8.97. The highest BCUT2D eigenvalue weighted by Gasteiger charge is 2.12. The van der Waals surface area contributed by atoms with E-state index < -0.39 is 11.8 Å². The Labute approximate surface area is 122 Å². The third-order valence-electron chi connectivity index (χ3n) is 2.16. The second-order valence-electron chi connectivity index (χ2n) is 3.49. The Balaban J connectivity index is 2.15. The van der Waals surface area contributed by atoms with Gasteiger partial charge in [-0.05, 0) is 18.2 Å². The van der Waals surface area contributed by atoms with Crippen molar-refractivity contribution >= 4 is 51.5 Å². The number of thiazole rings is 1. The Hall–Kier alpha value is -1.63. The van der Waals surface area contributed by atoms with Crippen molar-refractivity contribution in [1.82, 2.24) is 4.98 Å². The van der Waals surface area contributed by atoms with Crippen molar-refractivity contribution in [1.29, 1.82) is 0 Å². The topological polar surface area (TPSA) is 85.1 Å². The number of anilines is 1. The maximum Gasteiger partial charge on any atom is 0.268 e. The number of nitrogens with two attached hydrogens (primary N) is 1. The van der Waals surface area contributed by atoms with E-state index in [0.717, 1.165) is 11.3 Å². The van der Waals surface area contributed by atoms with Crippen molar-refractivity contribution in [3.05, 3.63) is 44.9 Å². The fourth-order valence-electron chi connectivity index (χ4n) is 1.25. The molecule has 2 amide bonds. The summed E-state index contributed by atoms with van der Waals surface area (Å²) in [5.41, 5.74) is 5.51. The summed E-state index contributed by atoms with van der Waals surface area (Å²) in [5, 5.41) is 4.93. The lowest BCUT2D eigenvalue weighted by atomic mass is 10.2. The highest BCUT2D eigenvalue weighted by molar-refractivity contribution is 7.14. The average Bonchev–Trinajstić information content (AvgIpc) is 2.81. The maximum absolute atomic E-state index is 11.9. The van der Waals surface area contributed by atoms with Gasteiger partial charge in [0.1, 0.15) is 5.69 Å². The molecule has 0 saturated heterocycles. The summed E-state index contributed by atoms with van der Waals surface area (Å²) in [7, 11) is 0. The molecule has 0 fully saturated rings. The Morgan fingerprint density at radius 2 is 2.00 bits per heavy atom. The van der Waals surface area contributed by atoms with E-state index in [9.17, 15) is 9.59 Å². The minimum absolute atomic E-state index is 0.106. The van der Waals surface area contributed by atoms with Crippen LogP contribution in [0.4, 0.5) is 5.13 Å². The van der Waals surface area contributed by atoms with Crippen molar-refractivity contribution in [2.45, 2.75) is 0 Å². The van der Waals surface area contributed by atoms with Crippen LogP contribution in [-0.4, -0.2) is 16.8 Å². The van der Waals surface area contributed by atoms with Gasteiger partial charge >= 0.3 is 0 Å². The van der Waals surface area contributed by atoms with Crippen LogP contribution in [0.25, 0.3) is 0 Å². The Morgan fingerprint density at radius 3 is 2.58 bits per heavy atom. The third-order valence-corrected chi connectivity index (χ3v) is 3.66. The van der Waals surface area contributed by atoms with Gasteiger partial charge in [0.15, 0.2) is 5.13 Å². The van der Waals surface area contributed by atoms with Gasteiger partial charge in [-0.2, -0.15) is 0 Å². The summed E-state index contributed by atoms with van der Waals surface area (Å²) in [6.45, 7) is 0. The lowest BCUT2D eigenvalue weighted by Crippen LogP contribution is -2.14. The van der Waals surface area contributed by atoms with Gasteiger partial charge in [-0.3, -0.25) is 14.9 Å².